The van der Waals surface area contributed by atoms with Crippen molar-refractivity contribution in [2.24, 2.45) is 0 Å². The number of rotatable bonds is 54. The Balaban J connectivity index is 4.36. The molecule has 0 spiro atoms. The predicted molar refractivity (Wildman–Crippen MR) is 320 cm³/mol. The number of carbonyl (C=O) groups is 3. The van der Waals surface area contributed by atoms with E-state index in [2.05, 4.69) is 142 Å². The van der Waals surface area contributed by atoms with E-state index >= 15 is 0 Å². The van der Waals surface area contributed by atoms with E-state index in [-0.39, 0.29) is 37.5 Å². The van der Waals surface area contributed by atoms with Gasteiger partial charge in [0.2, 0.25) is 0 Å². The lowest BCUT2D eigenvalue weighted by Crippen LogP contribution is -2.30. The molecule has 0 rings (SSSR count). The number of carbonyl (C=O) groups excluding carboxylic acids is 3. The molecule has 0 aliphatic rings. The van der Waals surface area contributed by atoms with Gasteiger partial charge in [0.15, 0.2) is 6.10 Å². The molecule has 0 aromatic carbocycles. The van der Waals surface area contributed by atoms with Gasteiger partial charge in [0.05, 0.1) is 0 Å². The van der Waals surface area contributed by atoms with Gasteiger partial charge in [-0.15, -0.1) is 0 Å². The highest BCUT2D eigenvalue weighted by Crippen LogP contribution is 2.14. The maximum absolute atomic E-state index is 12.9. The Morgan fingerprint density at radius 1 is 0.284 bits per heavy atom. The molecule has 0 N–H and O–H groups in total. The summed E-state index contributed by atoms with van der Waals surface area (Å²) >= 11 is 0. The first-order chi connectivity index (χ1) is 36.5. The van der Waals surface area contributed by atoms with Gasteiger partial charge in [-0.25, -0.2) is 0 Å². The minimum atomic E-state index is -0.810. The molecule has 0 aromatic heterocycles. The zero-order valence-electron chi connectivity index (χ0n) is 48.1. The maximum Gasteiger partial charge on any atom is 0.306 e. The van der Waals surface area contributed by atoms with Crippen LogP contribution in [-0.4, -0.2) is 37.2 Å². The Bertz CT molecular complexity index is 1550. The van der Waals surface area contributed by atoms with Crippen molar-refractivity contribution >= 4 is 17.9 Å². The summed E-state index contributed by atoms with van der Waals surface area (Å²) < 4.78 is 16.8. The minimum Gasteiger partial charge on any atom is -0.462 e. The summed E-state index contributed by atoms with van der Waals surface area (Å²) in [4.78, 5) is 38.1. The van der Waals surface area contributed by atoms with Crippen molar-refractivity contribution in [1.82, 2.24) is 0 Å². The predicted octanol–water partition coefficient (Wildman–Crippen LogP) is 20.8. The van der Waals surface area contributed by atoms with Gasteiger partial charge >= 0.3 is 17.9 Å². The summed E-state index contributed by atoms with van der Waals surface area (Å²) in [6.07, 6.45) is 84.9. The smallest absolute Gasteiger partial charge is 0.306 e. The van der Waals surface area contributed by atoms with Crippen LogP contribution in [0.25, 0.3) is 0 Å². The summed E-state index contributed by atoms with van der Waals surface area (Å²) in [6.45, 7) is 6.41. The molecule has 0 radical (unpaired) electrons. The van der Waals surface area contributed by atoms with Crippen LogP contribution in [-0.2, 0) is 28.6 Å². The minimum absolute atomic E-state index is 0.103. The fraction of sp³-hybridized carbons (Fsp3) is 0.662. The highest BCUT2D eigenvalue weighted by Gasteiger charge is 2.19. The van der Waals surface area contributed by atoms with Crippen molar-refractivity contribution in [3.05, 3.63) is 122 Å². The number of ether oxygens (including phenoxy) is 3. The Hall–Kier alpha value is -4.19. The largest absolute Gasteiger partial charge is 0.462 e. The highest BCUT2D eigenvalue weighted by molar-refractivity contribution is 5.71. The molecule has 0 bridgehead atoms. The Kier molecular flexibility index (Phi) is 57.9. The van der Waals surface area contributed by atoms with Gasteiger partial charge in [0.25, 0.3) is 0 Å². The molecule has 0 fully saturated rings. The molecule has 0 saturated carbocycles. The third-order valence-corrected chi connectivity index (χ3v) is 12.7. The maximum atomic E-state index is 12.9. The third-order valence-electron chi connectivity index (χ3n) is 12.7. The fourth-order valence-electron chi connectivity index (χ4n) is 8.10. The van der Waals surface area contributed by atoms with Crippen LogP contribution in [0.4, 0.5) is 0 Å². The number of hydrogen-bond donors (Lipinski definition) is 0. The summed E-state index contributed by atoms with van der Waals surface area (Å²) in [5, 5.41) is 0. The average Bonchev–Trinajstić information content (AvgIpc) is 3.40. The molecule has 6 heteroatoms. The van der Waals surface area contributed by atoms with Crippen LogP contribution in [0.5, 0.6) is 0 Å². The van der Waals surface area contributed by atoms with Crippen LogP contribution in [0.3, 0.4) is 0 Å². The third kappa shape index (κ3) is 58.7. The fourth-order valence-corrected chi connectivity index (χ4v) is 8.10. The zero-order chi connectivity index (χ0) is 53.6. The molecule has 0 aromatic rings. The molecule has 420 valence electrons. The second-order valence-corrected chi connectivity index (χ2v) is 19.9. The topological polar surface area (TPSA) is 78.9 Å². The molecule has 0 aliphatic heterocycles. The van der Waals surface area contributed by atoms with Gasteiger partial charge in [-0.2, -0.15) is 0 Å². The lowest BCUT2D eigenvalue weighted by molar-refractivity contribution is -0.167. The summed E-state index contributed by atoms with van der Waals surface area (Å²) in [5.41, 5.74) is 0. The van der Waals surface area contributed by atoms with Crippen LogP contribution in [0.1, 0.15) is 271 Å². The molecule has 1 atom stereocenters. The van der Waals surface area contributed by atoms with Crippen molar-refractivity contribution in [2.75, 3.05) is 13.2 Å². The van der Waals surface area contributed by atoms with E-state index in [9.17, 15) is 14.4 Å². The number of unbranched alkanes of at least 4 members (excludes halogenated alkanes) is 23. The Labute approximate surface area is 456 Å². The van der Waals surface area contributed by atoms with Gasteiger partial charge in [-0.3, -0.25) is 14.4 Å². The molecular weight excluding hydrogens is 913 g/mol. The Morgan fingerprint density at radius 2 is 0.554 bits per heavy atom. The van der Waals surface area contributed by atoms with E-state index < -0.39 is 6.10 Å². The van der Waals surface area contributed by atoms with E-state index in [4.69, 9.17) is 14.2 Å². The molecular formula is C68H112O6. The Morgan fingerprint density at radius 3 is 0.919 bits per heavy atom. The van der Waals surface area contributed by atoms with Crippen LogP contribution < -0.4 is 0 Å². The molecule has 1 unspecified atom stereocenters. The number of allylic oxidation sites excluding steroid dienone is 20. The lowest BCUT2D eigenvalue weighted by atomic mass is 10.1. The molecule has 0 amide bonds. The first-order valence-corrected chi connectivity index (χ1v) is 30.5. The van der Waals surface area contributed by atoms with Gasteiger partial charge in [-0.1, -0.05) is 245 Å². The van der Waals surface area contributed by atoms with Crippen molar-refractivity contribution in [3.63, 3.8) is 0 Å². The van der Waals surface area contributed by atoms with Gasteiger partial charge in [0.1, 0.15) is 13.2 Å². The van der Waals surface area contributed by atoms with E-state index in [0.717, 1.165) is 122 Å². The normalized spacial score (nSPS) is 13.0. The summed E-state index contributed by atoms with van der Waals surface area (Å²) in [5.74, 6) is -0.962. The second-order valence-electron chi connectivity index (χ2n) is 19.9. The van der Waals surface area contributed by atoms with E-state index in [1.165, 1.54) is 103 Å². The van der Waals surface area contributed by atoms with Crippen LogP contribution in [0.2, 0.25) is 0 Å². The molecule has 74 heavy (non-hydrogen) atoms. The summed E-state index contributed by atoms with van der Waals surface area (Å²) in [7, 11) is 0. The first-order valence-electron chi connectivity index (χ1n) is 30.5. The van der Waals surface area contributed by atoms with Crippen molar-refractivity contribution in [1.29, 1.82) is 0 Å². The van der Waals surface area contributed by atoms with Crippen LogP contribution in [0.15, 0.2) is 122 Å². The van der Waals surface area contributed by atoms with Crippen LogP contribution >= 0.6 is 0 Å². The second kappa shape index (κ2) is 61.4. The quantitative estimate of drug-likeness (QED) is 0.0261. The monoisotopic (exact) mass is 1020 g/mol. The first kappa shape index (κ1) is 69.8. The molecule has 0 heterocycles. The van der Waals surface area contributed by atoms with Crippen molar-refractivity contribution in [3.8, 4) is 0 Å². The SMILES string of the molecule is CC/C=C\C/C=C\C/C=C\C/C=C\C/C=C\C/C=C\CCCCC(=O)OC(COC(=O)CCCCCCC/C=C\CCC)COC(=O)CCCCCCCCCCCC/C=C\C/C=C\C/C=C\CCCCCCC. The molecule has 6 nitrogen and oxygen atoms in total. The van der Waals surface area contributed by atoms with E-state index in [1.54, 1.807) is 0 Å². The van der Waals surface area contributed by atoms with Gasteiger partial charge in [-0.05, 0) is 128 Å². The average molecular weight is 1030 g/mol. The zero-order valence-corrected chi connectivity index (χ0v) is 48.1. The van der Waals surface area contributed by atoms with Crippen molar-refractivity contribution in [2.45, 2.75) is 277 Å². The number of esters is 3. The standard InChI is InChI=1S/C68H112O6/c1-4-7-10-13-16-19-22-24-26-28-30-32-33-34-35-37-38-40-42-44-46-49-52-55-58-61-67(70)73-64-65(63-72-66(69)60-57-54-51-48-21-18-15-12-9-6-3)74-68(71)62-59-56-53-50-47-45-43-41-39-36-31-29-27-25-23-20-17-14-11-8-5-2/h8,11-12,15,17,20,22,24-25,27-28,30-31,33-34,36,41,43,47,50,65H,4-7,9-10,13-14,16,18-19,21,23,26,29,32,35,37-40,42,44-46,48-49,51-64H2,1-3H3/b11-8-,15-12-,20-17-,24-22-,27-25-,30-28-,34-33-,36-31-,43-41-,50-47-. The molecule has 0 aliphatic carbocycles. The number of hydrogen-bond acceptors (Lipinski definition) is 6. The lowest BCUT2D eigenvalue weighted by Gasteiger charge is -2.18. The van der Waals surface area contributed by atoms with Crippen molar-refractivity contribution < 1.29 is 28.6 Å². The van der Waals surface area contributed by atoms with E-state index in [1.807, 2.05) is 0 Å². The van der Waals surface area contributed by atoms with Crippen LogP contribution in [0, 0.1) is 0 Å². The van der Waals surface area contributed by atoms with Gasteiger partial charge in [0, 0.05) is 19.3 Å². The van der Waals surface area contributed by atoms with E-state index in [0.29, 0.717) is 19.3 Å². The highest BCUT2D eigenvalue weighted by atomic mass is 16.6. The molecule has 0 saturated heterocycles. The summed E-state index contributed by atoms with van der Waals surface area (Å²) in [6, 6.07) is 0. The van der Waals surface area contributed by atoms with Gasteiger partial charge < -0.3 is 14.2 Å².